The number of halogens is 2. The van der Waals surface area contributed by atoms with Gasteiger partial charge in [0.1, 0.15) is 11.5 Å². The fourth-order valence-corrected chi connectivity index (χ4v) is 2.88. The molecule has 3 aromatic rings. The third kappa shape index (κ3) is 2.41. The molecule has 0 unspecified atom stereocenters. The smallest absolute Gasteiger partial charge is 0.267 e. The van der Waals surface area contributed by atoms with Crippen LogP contribution in [0.25, 0.3) is 10.9 Å². The second kappa shape index (κ2) is 5.56. The van der Waals surface area contributed by atoms with Gasteiger partial charge in [0.05, 0.1) is 16.9 Å². The summed E-state index contributed by atoms with van der Waals surface area (Å²) in [5.74, 6) is -0.990. The Hall–Kier alpha value is -2.16. The molecule has 0 atom stereocenters. The first kappa shape index (κ1) is 14.8. The summed E-state index contributed by atoms with van der Waals surface area (Å²) in [4.78, 5) is 15.9. The van der Waals surface area contributed by atoms with Crippen LogP contribution in [0.4, 0.5) is 15.8 Å². The second-order valence-electron chi connectivity index (χ2n) is 4.79. The number of nitrogens with zero attached hydrogens (tertiary/aromatic N) is 2. The quantitative estimate of drug-likeness (QED) is 0.652. The number of carbonyl (C=O) groups is 1. The van der Waals surface area contributed by atoms with E-state index >= 15 is 0 Å². The zero-order valence-corrected chi connectivity index (χ0v) is 13.8. The van der Waals surface area contributed by atoms with Gasteiger partial charge < -0.3 is 15.6 Å². The van der Waals surface area contributed by atoms with Crippen LogP contribution < -0.4 is 11.1 Å². The van der Waals surface area contributed by atoms with Crippen molar-refractivity contribution >= 4 is 50.8 Å². The Balaban J connectivity index is 2.21. The summed E-state index contributed by atoms with van der Waals surface area (Å²) in [5.41, 5.74) is 7.28. The maximum atomic E-state index is 14.1. The van der Waals surface area contributed by atoms with Gasteiger partial charge in [-0.2, -0.15) is 0 Å². The summed E-state index contributed by atoms with van der Waals surface area (Å²) in [5, 5.41) is 3.68. The number of aromatic nitrogens is 2. The van der Waals surface area contributed by atoms with E-state index in [4.69, 9.17) is 5.73 Å². The van der Waals surface area contributed by atoms with E-state index in [9.17, 15) is 9.18 Å². The van der Waals surface area contributed by atoms with E-state index in [1.165, 1.54) is 6.07 Å². The second-order valence-corrected chi connectivity index (χ2v) is 6.03. The molecule has 2 heterocycles. The van der Waals surface area contributed by atoms with Crippen LogP contribution in [0.15, 0.2) is 36.7 Å². The monoisotopic (exact) mass is 410 g/mol. The average molecular weight is 410 g/mol. The van der Waals surface area contributed by atoms with Gasteiger partial charge in [0.25, 0.3) is 5.91 Å². The summed E-state index contributed by atoms with van der Waals surface area (Å²) in [6.45, 7) is 0. The highest BCUT2D eigenvalue weighted by atomic mass is 127. The lowest BCUT2D eigenvalue weighted by Gasteiger charge is -2.09. The molecule has 0 aliphatic heterocycles. The lowest BCUT2D eigenvalue weighted by Crippen LogP contribution is -2.17. The van der Waals surface area contributed by atoms with Crippen molar-refractivity contribution in [3.63, 3.8) is 0 Å². The van der Waals surface area contributed by atoms with Crippen molar-refractivity contribution in [3.05, 3.63) is 51.7 Å². The van der Waals surface area contributed by atoms with Crippen LogP contribution in [0.5, 0.6) is 0 Å². The van der Waals surface area contributed by atoms with Crippen molar-refractivity contribution in [1.82, 2.24) is 9.55 Å². The van der Waals surface area contributed by atoms with Gasteiger partial charge in [0.15, 0.2) is 0 Å². The predicted octanol–water partition coefficient (Wildman–Crippen LogP) is 3.16. The van der Waals surface area contributed by atoms with Crippen LogP contribution in [0.1, 0.15) is 10.5 Å². The van der Waals surface area contributed by atoms with Gasteiger partial charge in [0, 0.05) is 28.4 Å². The normalized spacial score (nSPS) is 10.9. The van der Waals surface area contributed by atoms with Crippen LogP contribution in [0.3, 0.4) is 0 Å². The minimum atomic E-state index is -0.591. The summed E-state index contributed by atoms with van der Waals surface area (Å²) in [7, 11) is 1.73. The Labute approximate surface area is 139 Å². The zero-order valence-electron chi connectivity index (χ0n) is 11.6. The number of benzene rings is 1. The van der Waals surface area contributed by atoms with Gasteiger partial charge in [-0.25, -0.2) is 4.39 Å². The highest BCUT2D eigenvalue weighted by Gasteiger charge is 2.20. The number of pyridine rings is 1. The van der Waals surface area contributed by atoms with Crippen LogP contribution in [0, 0.1) is 9.39 Å². The number of fused-ring (bicyclic) bond motifs is 1. The molecule has 7 heteroatoms. The van der Waals surface area contributed by atoms with E-state index in [0.717, 1.165) is 9.09 Å². The molecule has 0 saturated heterocycles. The molecule has 112 valence electrons. The highest BCUT2D eigenvalue weighted by Crippen LogP contribution is 2.33. The van der Waals surface area contributed by atoms with Crippen LogP contribution in [0.2, 0.25) is 0 Å². The van der Waals surface area contributed by atoms with Gasteiger partial charge in [0.2, 0.25) is 0 Å². The van der Waals surface area contributed by atoms with Crippen molar-refractivity contribution in [2.45, 2.75) is 0 Å². The first-order valence-electron chi connectivity index (χ1n) is 6.43. The minimum absolute atomic E-state index is 0.277. The number of hydrogen-bond donors (Lipinski definition) is 2. The third-order valence-corrected chi connectivity index (χ3v) is 4.10. The summed E-state index contributed by atoms with van der Waals surface area (Å²) < 4.78 is 16.5. The maximum Gasteiger partial charge on any atom is 0.267 e. The molecule has 0 aliphatic rings. The predicted molar refractivity (Wildman–Crippen MR) is 91.6 cm³/mol. The van der Waals surface area contributed by atoms with Gasteiger partial charge in [-0.3, -0.25) is 9.78 Å². The summed E-state index contributed by atoms with van der Waals surface area (Å²) in [6, 6.07) is 6.59. The Morgan fingerprint density at radius 2 is 2.18 bits per heavy atom. The van der Waals surface area contributed by atoms with E-state index < -0.39 is 11.7 Å². The number of aryl methyl sites for hydroxylation is 1. The van der Waals surface area contributed by atoms with Crippen molar-refractivity contribution < 1.29 is 9.18 Å². The van der Waals surface area contributed by atoms with Crippen LogP contribution in [-0.2, 0) is 7.05 Å². The molecule has 3 rings (SSSR count). The highest BCUT2D eigenvalue weighted by molar-refractivity contribution is 14.1. The van der Waals surface area contributed by atoms with Crippen LogP contribution >= 0.6 is 22.6 Å². The lowest BCUT2D eigenvalue weighted by atomic mass is 10.2. The zero-order chi connectivity index (χ0) is 15.9. The number of carbonyl (C=O) groups excluding carboxylic acids is 1. The molecule has 2 aromatic heterocycles. The fourth-order valence-electron chi connectivity index (χ4n) is 2.43. The standard InChI is InChI=1S/C15H12FIN4O/c1-21-12-4-5-19-7-9(12)13(14(21)15(18)22)20-11-3-2-8(17)6-10(11)16/h2-7,20H,1H3,(H2,18,22). The van der Waals surface area contributed by atoms with E-state index in [1.807, 2.05) is 22.6 Å². The van der Waals surface area contributed by atoms with E-state index in [2.05, 4.69) is 10.3 Å². The molecule has 0 aliphatic carbocycles. The molecular weight excluding hydrogens is 398 g/mol. The van der Waals surface area contributed by atoms with Gasteiger partial charge in [-0.15, -0.1) is 0 Å². The third-order valence-electron chi connectivity index (χ3n) is 3.43. The Morgan fingerprint density at radius 1 is 1.41 bits per heavy atom. The molecule has 0 fully saturated rings. The van der Waals surface area contributed by atoms with E-state index in [0.29, 0.717) is 11.1 Å². The van der Waals surface area contributed by atoms with E-state index in [1.54, 1.807) is 42.2 Å². The Morgan fingerprint density at radius 3 is 2.86 bits per heavy atom. The van der Waals surface area contributed by atoms with Crippen molar-refractivity contribution in [2.24, 2.45) is 12.8 Å². The van der Waals surface area contributed by atoms with Crippen molar-refractivity contribution in [3.8, 4) is 0 Å². The number of nitrogens with one attached hydrogen (secondary N) is 1. The molecule has 3 N–H and O–H groups in total. The number of hydrogen-bond acceptors (Lipinski definition) is 3. The molecule has 5 nitrogen and oxygen atoms in total. The first-order valence-corrected chi connectivity index (χ1v) is 7.51. The molecule has 1 amide bonds. The molecule has 0 bridgehead atoms. The van der Waals surface area contributed by atoms with Crippen molar-refractivity contribution in [1.29, 1.82) is 0 Å². The first-order chi connectivity index (χ1) is 10.5. The molecule has 0 saturated carbocycles. The Kier molecular flexibility index (Phi) is 3.73. The number of amides is 1. The largest absolute Gasteiger partial charge is 0.364 e. The average Bonchev–Trinajstić information content (AvgIpc) is 2.75. The molecule has 22 heavy (non-hydrogen) atoms. The van der Waals surface area contributed by atoms with Crippen molar-refractivity contribution in [2.75, 3.05) is 5.32 Å². The van der Waals surface area contributed by atoms with Gasteiger partial charge >= 0.3 is 0 Å². The Bertz CT molecular complexity index is 891. The molecule has 1 aromatic carbocycles. The van der Waals surface area contributed by atoms with Gasteiger partial charge in [-0.1, -0.05) is 0 Å². The van der Waals surface area contributed by atoms with E-state index in [-0.39, 0.29) is 11.4 Å². The molecular formula is C15H12FIN4O. The summed E-state index contributed by atoms with van der Waals surface area (Å²) >= 11 is 2.03. The molecule has 0 spiro atoms. The molecule has 0 radical (unpaired) electrons. The minimum Gasteiger partial charge on any atom is -0.364 e. The topological polar surface area (TPSA) is 72.9 Å². The summed E-state index contributed by atoms with van der Waals surface area (Å²) in [6.07, 6.45) is 3.25. The SMILES string of the molecule is Cn1c(C(N)=O)c(Nc2ccc(I)cc2F)c2cnccc21. The number of rotatable bonds is 3. The maximum absolute atomic E-state index is 14.1. The number of primary amides is 1. The number of nitrogens with two attached hydrogens (primary N) is 1. The van der Waals surface area contributed by atoms with Gasteiger partial charge in [-0.05, 0) is 46.9 Å². The van der Waals surface area contributed by atoms with Crippen LogP contribution in [-0.4, -0.2) is 15.5 Å². The fraction of sp³-hybridized carbons (Fsp3) is 0.0667. The number of anilines is 2. The lowest BCUT2D eigenvalue weighted by molar-refractivity contribution is 0.0994.